The summed E-state index contributed by atoms with van der Waals surface area (Å²) in [7, 11) is 1.60. The molecule has 0 spiro atoms. The zero-order valence-corrected chi connectivity index (χ0v) is 15.0. The minimum Gasteiger partial charge on any atom is -0.375 e. The molecule has 27 heavy (non-hydrogen) atoms. The summed E-state index contributed by atoms with van der Waals surface area (Å²) in [5, 5.41) is 10.5. The second-order valence-corrected chi connectivity index (χ2v) is 6.71. The number of ether oxygens (including phenoxy) is 1. The molecule has 2 aliphatic heterocycles. The van der Waals surface area contributed by atoms with Crippen molar-refractivity contribution in [3.05, 3.63) is 41.2 Å². The van der Waals surface area contributed by atoms with Crippen LogP contribution < -0.4 is 5.32 Å². The van der Waals surface area contributed by atoms with Gasteiger partial charge in [0.1, 0.15) is 11.7 Å². The van der Waals surface area contributed by atoms with Gasteiger partial charge in [-0.2, -0.15) is 0 Å². The van der Waals surface area contributed by atoms with Gasteiger partial charge in [-0.15, -0.1) is 5.10 Å². The molecule has 9 heteroatoms. The van der Waals surface area contributed by atoms with Crippen molar-refractivity contribution in [2.45, 2.75) is 38.5 Å². The van der Waals surface area contributed by atoms with Crippen LogP contribution in [0.4, 0.5) is 0 Å². The van der Waals surface area contributed by atoms with E-state index in [0.717, 1.165) is 5.56 Å². The summed E-state index contributed by atoms with van der Waals surface area (Å²) < 4.78 is 6.83. The Morgan fingerprint density at radius 2 is 2.11 bits per heavy atom. The van der Waals surface area contributed by atoms with E-state index in [1.807, 2.05) is 19.1 Å². The fraction of sp³-hybridized carbons (Fsp3) is 0.389. The number of carbonyl (C=O) groups excluding carboxylic acids is 3. The molecule has 2 unspecified atom stereocenters. The quantitative estimate of drug-likeness (QED) is 0.797. The minimum atomic E-state index is -0.619. The van der Waals surface area contributed by atoms with Crippen LogP contribution in [0.15, 0.2) is 24.4 Å². The SMILES string of the molecule is COC(C)c1cn(-c2ccc3c(c2)C(=O)N(C2CCC(=O)NC2=O)C3)nn1. The van der Waals surface area contributed by atoms with Crippen molar-refractivity contribution in [1.29, 1.82) is 0 Å². The molecule has 1 aromatic carbocycles. The van der Waals surface area contributed by atoms with Crippen LogP contribution in [0.5, 0.6) is 0 Å². The van der Waals surface area contributed by atoms with E-state index in [4.69, 9.17) is 4.74 Å². The molecule has 0 radical (unpaired) electrons. The number of hydrogen-bond acceptors (Lipinski definition) is 6. The van der Waals surface area contributed by atoms with E-state index < -0.39 is 11.9 Å². The molecule has 1 saturated heterocycles. The van der Waals surface area contributed by atoms with E-state index in [9.17, 15) is 14.4 Å². The predicted molar refractivity (Wildman–Crippen MR) is 92.8 cm³/mol. The van der Waals surface area contributed by atoms with Crippen molar-refractivity contribution < 1.29 is 19.1 Å². The lowest BCUT2D eigenvalue weighted by Crippen LogP contribution is -2.52. The molecular weight excluding hydrogens is 350 g/mol. The Balaban J connectivity index is 1.59. The topological polar surface area (TPSA) is 106 Å². The maximum atomic E-state index is 12.9. The summed E-state index contributed by atoms with van der Waals surface area (Å²) in [6.45, 7) is 2.22. The van der Waals surface area contributed by atoms with E-state index in [1.165, 1.54) is 4.90 Å². The molecule has 1 fully saturated rings. The molecule has 140 valence electrons. The van der Waals surface area contributed by atoms with Crippen LogP contribution in [0.25, 0.3) is 5.69 Å². The molecule has 3 heterocycles. The highest BCUT2D eigenvalue weighted by molar-refractivity contribution is 6.05. The van der Waals surface area contributed by atoms with Crippen LogP contribution >= 0.6 is 0 Å². The number of rotatable bonds is 4. The molecule has 2 aliphatic rings. The predicted octanol–water partition coefficient (Wildman–Crippen LogP) is 0.736. The first-order valence-corrected chi connectivity index (χ1v) is 8.71. The number of methoxy groups -OCH3 is 1. The van der Waals surface area contributed by atoms with Crippen molar-refractivity contribution >= 4 is 17.7 Å². The number of benzene rings is 1. The van der Waals surface area contributed by atoms with E-state index >= 15 is 0 Å². The molecule has 4 rings (SSSR count). The standard InChI is InChI=1S/C18H19N5O4/c1-10(27-2)14-9-23(21-20-14)12-4-3-11-8-22(18(26)13(11)7-12)15-5-6-16(24)19-17(15)25/h3-4,7,9-10,15H,5-6,8H2,1-2H3,(H,19,24,25). The van der Waals surface area contributed by atoms with Gasteiger partial charge in [-0.25, -0.2) is 4.68 Å². The third-order valence-electron chi connectivity index (χ3n) is 5.06. The summed E-state index contributed by atoms with van der Waals surface area (Å²) in [5.74, 6) is -0.927. The second-order valence-electron chi connectivity index (χ2n) is 6.71. The number of carbonyl (C=O) groups is 3. The van der Waals surface area contributed by atoms with Crippen LogP contribution in [0.3, 0.4) is 0 Å². The van der Waals surface area contributed by atoms with Crippen LogP contribution in [0.1, 0.15) is 47.5 Å². The normalized spacial score (nSPS) is 20.6. The molecule has 1 N–H and O–H groups in total. The van der Waals surface area contributed by atoms with Crippen LogP contribution in [0.2, 0.25) is 0 Å². The third kappa shape index (κ3) is 2.99. The molecule has 2 atom stereocenters. The Bertz CT molecular complexity index is 938. The van der Waals surface area contributed by atoms with Gasteiger partial charge in [0.2, 0.25) is 11.8 Å². The van der Waals surface area contributed by atoms with Gasteiger partial charge < -0.3 is 9.64 Å². The lowest BCUT2D eigenvalue weighted by molar-refractivity contribution is -0.136. The van der Waals surface area contributed by atoms with Crippen molar-refractivity contribution in [1.82, 2.24) is 25.2 Å². The van der Waals surface area contributed by atoms with Crippen LogP contribution in [-0.2, 0) is 20.9 Å². The average Bonchev–Trinajstić information content (AvgIpc) is 3.27. The van der Waals surface area contributed by atoms with Crippen molar-refractivity contribution in [2.75, 3.05) is 7.11 Å². The first-order chi connectivity index (χ1) is 13.0. The van der Waals surface area contributed by atoms with Gasteiger partial charge in [0.25, 0.3) is 5.91 Å². The number of nitrogens with zero attached hydrogens (tertiary/aromatic N) is 4. The molecule has 3 amide bonds. The highest BCUT2D eigenvalue weighted by atomic mass is 16.5. The Hall–Kier alpha value is -3.07. The number of hydrogen-bond donors (Lipinski definition) is 1. The Kier molecular flexibility index (Phi) is 4.23. The van der Waals surface area contributed by atoms with Crippen LogP contribution in [0, 0.1) is 0 Å². The van der Waals surface area contributed by atoms with Crippen LogP contribution in [-0.4, -0.2) is 50.8 Å². The zero-order chi connectivity index (χ0) is 19.1. The van der Waals surface area contributed by atoms with E-state index in [-0.39, 0.29) is 24.3 Å². The van der Waals surface area contributed by atoms with E-state index in [2.05, 4.69) is 15.6 Å². The highest BCUT2D eigenvalue weighted by Gasteiger charge is 2.39. The molecule has 0 aliphatic carbocycles. The molecule has 0 bridgehead atoms. The van der Waals surface area contributed by atoms with Gasteiger partial charge in [-0.05, 0) is 31.0 Å². The van der Waals surface area contributed by atoms with E-state index in [1.54, 1.807) is 24.1 Å². The lowest BCUT2D eigenvalue weighted by atomic mass is 10.0. The van der Waals surface area contributed by atoms with Gasteiger partial charge in [-0.3, -0.25) is 19.7 Å². The molecule has 2 aromatic rings. The minimum absolute atomic E-state index is 0.183. The molecule has 0 saturated carbocycles. The summed E-state index contributed by atoms with van der Waals surface area (Å²) in [4.78, 5) is 37.8. The molecule has 1 aromatic heterocycles. The van der Waals surface area contributed by atoms with Gasteiger partial charge >= 0.3 is 0 Å². The van der Waals surface area contributed by atoms with Gasteiger partial charge in [0, 0.05) is 25.6 Å². The van der Waals surface area contributed by atoms with Gasteiger partial charge in [0.15, 0.2) is 0 Å². The Morgan fingerprint density at radius 1 is 1.30 bits per heavy atom. The monoisotopic (exact) mass is 369 g/mol. The summed E-state index contributed by atoms with van der Waals surface area (Å²) in [6, 6.07) is 4.84. The number of fused-ring (bicyclic) bond motifs is 1. The van der Waals surface area contributed by atoms with Crippen molar-refractivity contribution in [3.63, 3.8) is 0 Å². The largest absolute Gasteiger partial charge is 0.375 e. The number of aromatic nitrogens is 3. The summed E-state index contributed by atoms with van der Waals surface area (Å²) >= 11 is 0. The first kappa shape index (κ1) is 17.3. The number of nitrogens with one attached hydrogen (secondary N) is 1. The smallest absolute Gasteiger partial charge is 0.255 e. The molecule has 9 nitrogen and oxygen atoms in total. The average molecular weight is 369 g/mol. The summed E-state index contributed by atoms with van der Waals surface area (Å²) in [6.07, 6.45) is 2.16. The number of imide groups is 1. The first-order valence-electron chi connectivity index (χ1n) is 8.71. The number of amides is 3. The second kappa shape index (κ2) is 6.58. The fourth-order valence-electron chi connectivity index (χ4n) is 3.40. The number of piperidine rings is 1. The Labute approximate surface area is 155 Å². The maximum Gasteiger partial charge on any atom is 0.255 e. The Morgan fingerprint density at radius 3 is 2.85 bits per heavy atom. The van der Waals surface area contributed by atoms with Crippen molar-refractivity contribution in [2.24, 2.45) is 0 Å². The van der Waals surface area contributed by atoms with Gasteiger partial charge in [-0.1, -0.05) is 11.3 Å². The van der Waals surface area contributed by atoms with E-state index in [0.29, 0.717) is 29.9 Å². The van der Waals surface area contributed by atoms with Crippen molar-refractivity contribution in [3.8, 4) is 5.69 Å². The fourth-order valence-corrected chi connectivity index (χ4v) is 3.40. The summed E-state index contributed by atoms with van der Waals surface area (Å²) in [5.41, 5.74) is 2.77. The zero-order valence-electron chi connectivity index (χ0n) is 15.0. The van der Waals surface area contributed by atoms with Gasteiger partial charge in [0.05, 0.1) is 18.0 Å². The molecular formula is C18H19N5O4. The highest BCUT2D eigenvalue weighted by Crippen LogP contribution is 2.29. The maximum absolute atomic E-state index is 12.9. The lowest BCUT2D eigenvalue weighted by Gasteiger charge is -2.29. The third-order valence-corrected chi connectivity index (χ3v) is 5.06.